The Morgan fingerprint density at radius 1 is 1.50 bits per heavy atom. The van der Waals surface area contributed by atoms with E-state index >= 15 is 0 Å². The first-order valence-corrected chi connectivity index (χ1v) is 6.48. The highest BCUT2D eigenvalue weighted by Crippen LogP contribution is 2.14. The van der Waals surface area contributed by atoms with Crippen LogP contribution in [0.4, 0.5) is 0 Å². The number of ether oxygens (including phenoxy) is 1. The molecule has 0 bridgehead atoms. The van der Waals surface area contributed by atoms with Gasteiger partial charge in [0.25, 0.3) is 0 Å². The molecular formula is C9H19N5OS. The molecule has 0 radical (unpaired) electrons. The first kappa shape index (κ1) is 13.4. The van der Waals surface area contributed by atoms with Crippen LogP contribution in [0.2, 0.25) is 0 Å². The van der Waals surface area contributed by atoms with Crippen molar-refractivity contribution in [2.24, 2.45) is 0 Å². The van der Waals surface area contributed by atoms with Crippen LogP contribution in [0.1, 0.15) is 13.3 Å². The van der Waals surface area contributed by atoms with Gasteiger partial charge in [-0.2, -0.15) is 0 Å². The fourth-order valence-electron chi connectivity index (χ4n) is 1.13. The van der Waals surface area contributed by atoms with Gasteiger partial charge in [0, 0.05) is 25.5 Å². The van der Waals surface area contributed by atoms with E-state index < -0.39 is 0 Å². The summed E-state index contributed by atoms with van der Waals surface area (Å²) >= 11 is 1.67. The van der Waals surface area contributed by atoms with Gasteiger partial charge < -0.3 is 10.1 Å². The van der Waals surface area contributed by atoms with Crippen LogP contribution in [-0.4, -0.2) is 52.8 Å². The predicted molar refractivity (Wildman–Crippen MR) is 63.6 cm³/mol. The first-order chi connectivity index (χ1) is 7.88. The second-order valence-electron chi connectivity index (χ2n) is 3.19. The third-order valence-corrected chi connectivity index (χ3v) is 2.98. The lowest BCUT2D eigenvalue weighted by Crippen LogP contribution is -2.16. The highest BCUT2D eigenvalue weighted by Gasteiger charge is 2.05. The van der Waals surface area contributed by atoms with Crippen LogP contribution in [-0.2, 0) is 11.3 Å². The third kappa shape index (κ3) is 4.91. The summed E-state index contributed by atoms with van der Waals surface area (Å²) in [6.07, 6.45) is 1.03. The highest BCUT2D eigenvalue weighted by molar-refractivity contribution is 7.99. The minimum absolute atomic E-state index is 0.782. The van der Waals surface area contributed by atoms with Gasteiger partial charge in [-0.05, 0) is 30.8 Å². The van der Waals surface area contributed by atoms with E-state index in [0.29, 0.717) is 0 Å². The molecule has 1 rings (SSSR count). The Morgan fingerprint density at radius 2 is 2.38 bits per heavy atom. The lowest BCUT2D eigenvalue weighted by atomic mass is 10.5. The minimum Gasteiger partial charge on any atom is -0.382 e. The van der Waals surface area contributed by atoms with Crippen LogP contribution in [0.15, 0.2) is 5.16 Å². The van der Waals surface area contributed by atoms with Crippen molar-refractivity contribution in [2.75, 3.05) is 32.6 Å². The van der Waals surface area contributed by atoms with Gasteiger partial charge in [-0.25, -0.2) is 4.68 Å². The molecule has 0 spiro atoms. The standard InChI is InChI=1S/C9H19N5OS/c1-3-15-7-4-8-16-9-11-12-13-14(9)6-5-10-2/h10H,3-8H2,1-2H3. The smallest absolute Gasteiger partial charge is 0.209 e. The molecule has 0 aliphatic rings. The number of aromatic nitrogens is 4. The maximum Gasteiger partial charge on any atom is 0.209 e. The van der Waals surface area contributed by atoms with E-state index in [-0.39, 0.29) is 0 Å². The molecular weight excluding hydrogens is 226 g/mol. The van der Waals surface area contributed by atoms with E-state index in [9.17, 15) is 0 Å². The monoisotopic (exact) mass is 245 g/mol. The molecule has 0 fully saturated rings. The number of tetrazole rings is 1. The SMILES string of the molecule is CCOCCCSc1nnnn1CCNC. The number of hydrogen-bond acceptors (Lipinski definition) is 6. The Labute approximate surface area is 100 Å². The van der Waals surface area contributed by atoms with Crippen molar-refractivity contribution in [3.8, 4) is 0 Å². The van der Waals surface area contributed by atoms with E-state index in [2.05, 4.69) is 20.8 Å². The summed E-state index contributed by atoms with van der Waals surface area (Å²) in [5.41, 5.74) is 0. The molecule has 0 aliphatic carbocycles. The summed E-state index contributed by atoms with van der Waals surface area (Å²) in [6.45, 7) is 5.27. The maximum atomic E-state index is 5.27. The van der Waals surface area contributed by atoms with Gasteiger partial charge in [-0.3, -0.25) is 0 Å². The lowest BCUT2D eigenvalue weighted by molar-refractivity contribution is 0.149. The summed E-state index contributed by atoms with van der Waals surface area (Å²) in [7, 11) is 1.92. The normalized spacial score (nSPS) is 10.9. The second kappa shape index (κ2) is 8.49. The molecule has 1 aromatic heterocycles. The molecule has 1 heterocycles. The number of nitrogens with zero attached hydrogens (tertiary/aromatic N) is 4. The van der Waals surface area contributed by atoms with Crippen molar-refractivity contribution >= 4 is 11.8 Å². The van der Waals surface area contributed by atoms with Crippen molar-refractivity contribution in [1.29, 1.82) is 0 Å². The summed E-state index contributed by atoms with van der Waals surface area (Å²) in [6, 6.07) is 0. The summed E-state index contributed by atoms with van der Waals surface area (Å²) < 4.78 is 7.09. The Kier molecular flexibility index (Phi) is 7.11. The van der Waals surface area contributed by atoms with Crippen molar-refractivity contribution in [2.45, 2.75) is 25.0 Å². The summed E-state index contributed by atoms with van der Waals surface area (Å²) in [5.74, 6) is 0.986. The molecule has 0 amide bonds. The van der Waals surface area contributed by atoms with E-state index in [1.807, 2.05) is 18.7 Å². The van der Waals surface area contributed by atoms with E-state index in [1.54, 1.807) is 11.8 Å². The molecule has 0 saturated heterocycles. The van der Waals surface area contributed by atoms with Gasteiger partial charge in [-0.15, -0.1) is 5.10 Å². The van der Waals surface area contributed by atoms with Gasteiger partial charge in [0.15, 0.2) is 0 Å². The van der Waals surface area contributed by atoms with E-state index in [0.717, 1.165) is 43.6 Å². The Balaban J connectivity index is 2.22. The molecule has 0 aliphatic heterocycles. The van der Waals surface area contributed by atoms with Gasteiger partial charge >= 0.3 is 0 Å². The molecule has 1 N–H and O–H groups in total. The van der Waals surface area contributed by atoms with Crippen molar-refractivity contribution in [1.82, 2.24) is 25.5 Å². The average molecular weight is 245 g/mol. The zero-order chi connectivity index (χ0) is 11.6. The van der Waals surface area contributed by atoms with Crippen molar-refractivity contribution < 1.29 is 4.74 Å². The van der Waals surface area contributed by atoms with Crippen LogP contribution >= 0.6 is 11.8 Å². The van der Waals surface area contributed by atoms with Gasteiger partial charge in [0.05, 0.1) is 6.54 Å². The molecule has 92 valence electrons. The number of likely N-dealkylation sites (N-methyl/N-ethyl adjacent to an activating group) is 1. The van der Waals surface area contributed by atoms with Crippen molar-refractivity contribution in [3.05, 3.63) is 0 Å². The number of hydrogen-bond donors (Lipinski definition) is 1. The Hall–Kier alpha value is -0.660. The predicted octanol–water partition coefficient (Wildman–Crippen LogP) is 0.411. The minimum atomic E-state index is 0.782. The zero-order valence-electron chi connectivity index (χ0n) is 9.85. The van der Waals surface area contributed by atoms with Gasteiger partial charge in [-0.1, -0.05) is 11.8 Å². The van der Waals surface area contributed by atoms with Crippen LogP contribution < -0.4 is 5.32 Å². The fourth-order valence-corrected chi connectivity index (χ4v) is 1.94. The fraction of sp³-hybridized carbons (Fsp3) is 0.889. The Bertz CT molecular complexity index is 281. The lowest BCUT2D eigenvalue weighted by Gasteiger charge is -2.03. The van der Waals surface area contributed by atoms with Crippen LogP contribution in [0.3, 0.4) is 0 Å². The molecule has 7 heteroatoms. The molecule has 1 aromatic rings. The quantitative estimate of drug-likeness (QED) is 0.502. The van der Waals surface area contributed by atoms with Crippen molar-refractivity contribution in [3.63, 3.8) is 0 Å². The van der Waals surface area contributed by atoms with E-state index in [4.69, 9.17) is 4.74 Å². The van der Waals surface area contributed by atoms with Crippen LogP contribution in [0, 0.1) is 0 Å². The molecule has 0 saturated carbocycles. The largest absolute Gasteiger partial charge is 0.382 e. The molecule has 0 atom stereocenters. The third-order valence-electron chi connectivity index (χ3n) is 1.94. The highest BCUT2D eigenvalue weighted by atomic mass is 32.2. The Morgan fingerprint density at radius 3 is 3.12 bits per heavy atom. The number of rotatable bonds is 9. The zero-order valence-corrected chi connectivity index (χ0v) is 10.7. The van der Waals surface area contributed by atoms with Crippen LogP contribution in [0.5, 0.6) is 0 Å². The summed E-state index contributed by atoms with van der Waals surface area (Å²) in [5, 5.41) is 15.5. The molecule has 0 unspecified atom stereocenters. The summed E-state index contributed by atoms with van der Waals surface area (Å²) in [4.78, 5) is 0. The topological polar surface area (TPSA) is 64.9 Å². The maximum absolute atomic E-state index is 5.27. The average Bonchev–Trinajstić information content (AvgIpc) is 2.74. The van der Waals surface area contributed by atoms with Crippen LogP contribution in [0.25, 0.3) is 0 Å². The second-order valence-corrected chi connectivity index (χ2v) is 4.25. The molecule has 6 nitrogen and oxygen atoms in total. The number of nitrogens with one attached hydrogen (secondary N) is 1. The van der Waals surface area contributed by atoms with Gasteiger partial charge in [0.2, 0.25) is 5.16 Å². The first-order valence-electron chi connectivity index (χ1n) is 5.49. The number of thioether (sulfide) groups is 1. The van der Waals surface area contributed by atoms with Gasteiger partial charge in [0.1, 0.15) is 0 Å². The molecule has 0 aromatic carbocycles. The molecule has 16 heavy (non-hydrogen) atoms. The van der Waals surface area contributed by atoms with E-state index in [1.165, 1.54) is 0 Å².